The molecular weight excluding hydrogens is 408 g/mol. The van der Waals surface area contributed by atoms with Gasteiger partial charge in [-0.2, -0.15) is 0 Å². The summed E-state index contributed by atoms with van der Waals surface area (Å²) in [4.78, 5) is 28.3. The van der Waals surface area contributed by atoms with Crippen LogP contribution in [0.2, 0.25) is 0 Å². The molecule has 0 aromatic heterocycles. The van der Waals surface area contributed by atoms with E-state index >= 15 is 0 Å². The highest BCUT2D eigenvalue weighted by molar-refractivity contribution is 7.80. The average molecular weight is 433 g/mol. The Morgan fingerprint density at radius 2 is 1.55 bits per heavy atom. The SMILES string of the molecule is CC(=O)N1CCN(c2ccccc2NC(=S)NC(=O)c2ccc3ccccc3c2)CC1. The molecule has 4 rings (SSSR count). The summed E-state index contributed by atoms with van der Waals surface area (Å²) in [7, 11) is 0. The Morgan fingerprint density at radius 3 is 2.29 bits per heavy atom. The first-order valence-electron chi connectivity index (χ1n) is 10.2. The fourth-order valence-electron chi connectivity index (χ4n) is 3.78. The minimum Gasteiger partial charge on any atom is -0.366 e. The summed E-state index contributed by atoms with van der Waals surface area (Å²) in [5, 5.41) is 8.26. The molecule has 0 aliphatic carbocycles. The van der Waals surface area contributed by atoms with Gasteiger partial charge in [-0.15, -0.1) is 0 Å². The van der Waals surface area contributed by atoms with Gasteiger partial charge in [0.1, 0.15) is 0 Å². The highest BCUT2D eigenvalue weighted by atomic mass is 32.1. The molecule has 31 heavy (non-hydrogen) atoms. The second kappa shape index (κ2) is 9.14. The minimum atomic E-state index is -0.254. The average Bonchev–Trinajstić information content (AvgIpc) is 2.79. The van der Waals surface area contributed by atoms with Crippen molar-refractivity contribution in [3.63, 3.8) is 0 Å². The Morgan fingerprint density at radius 1 is 0.871 bits per heavy atom. The molecule has 1 aliphatic rings. The van der Waals surface area contributed by atoms with Crippen molar-refractivity contribution in [3.8, 4) is 0 Å². The quantitative estimate of drug-likeness (QED) is 0.619. The molecule has 3 aromatic carbocycles. The number of rotatable bonds is 3. The van der Waals surface area contributed by atoms with Crippen LogP contribution in [0.4, 0.5) is 11.4 Å². The lowest BCUT2D eigenvalue weighted by molar-refractivity contribution is -0.129. The molecule has 3 aromatic rings. The molecule has 2 amide bonds. The molecule has 1 fully saturated rings. The Hall–Kier alpha value is -3.45. The van der Waals surface area contributed by atoms with E-state index in [-0.39, 0.29) is 16.9 Å². The van der Waals surface area contributed by atoms with E-state index in [0.29, 0.717) is 18.7 Å². The van der Waals surface area contributed by atoms with Crippen LogP contribution in [-0.2, 0) is 4.79 Å². The van der Waals surface area contributed by atoms with Gasteiger partial charge in [0, 0.05) is 38.7 Å². The maximum atomic E-state index is 12.7. The van der Waals surface area contributed by atoms with Crippen LogP contribution in [0.1, 0.15) is 17.3 Å². The van der Waals surface area contributed by atoms with Crippen LogP contribution in [0.15, 0.2) is 66.7 Å². The van der Waals surface area contributed by atoms with Gasteiger partial charge in [-0.3, -0.25) is 14.9 Å². The Kier molecular flexibility index (Phi) is 6.13. The van der Waals surface area contributed by atoms with Crippen LogP contribution in [0.5, 0.6) is 0 Å². The van der Waals surface area contributed by atoms with E-state index < -0.39 is 0 Å². The molecular formula is C24H24N4O2S. The monoisotopic (exact) mass is 432 g/mol. The largest absolute Gasteiger partial charge is 0.366 e. The lowest BCUT2D eigenvalue weighted by atomic mass is 10.1. The number of amides is 2. The van der Waals surface area contributed by atoms with Crippen molar-refractivity contribution < 1.29 is 9.59 Å². The Labute approximate surface area is 186 Å². The summed E-state index contributed by atoms with van der Waals surface area (Å²) in [6.45, 7) is 4.46. The number of piperazine rings is 1. The lowest BCUT2D eigenvalue weighted by Gasteiger charge is -2.36. The molecule has 158 valence electrons. The number of benzene rings is 3. The number of fused-ring (bicyclic) bond motifs is 1. The molecule has 0 saturated carbocycles. The van der Waals surface area contributed by atoms with Crippen molar-refractivity contribution in [2.75, 3.05) is 36.4 Å². The number of para-hydroxylation sites is 2. The molecule has 0 bridgehead atoms. The van der Waals surface area contributed by atoms with Crippen molar-refractivity contribution in [1.82, 2.24) is 10.2 Å². The number of carbonyl (C=O) groups excluding carboxylic acids is 2. The van der Waals surface area contributed by atoms with E-state index in [2.05, 4.69) is 15.5 Å². The topological polar surface area (TPSA) is 64.7 Å². The first-order valence-corrected chi connectivity index (χ1v) is 10.6. The molecule has 7 heteroatoms. The molecule has 0 radical (unpaired) electrons. The number of anilines is 2. The Balaban J connectivity index is 1.43. The van der Waals surface area contributed by atoms with E-state index in [1.807, 2.05) is 65.6 Å². The van der Waals surface area contributed by atoms with Gasteiger partial charge < -0.3 is 15.1 Å². The van der Waals surface area contributed by atoms with E-state index in [0.717, 1.165) is 35.2 Å². The summed E-state index contributed by atoms with van der Waals surface area (Å²) in [6.07, 6.45) is 0. The minimum absolute atomic E-state index is 0.101. The number of nitrogens with zero attached hydrogens (tertiary/aromatic N) is 2. The number of thiocarbonyl (C=S) groups is 1. The van der Waals surface area contributed by atoms with Gasteiger partial charge >= 0.3 is 0 Å². The second-order valence-corrected chi connectivity index (χ2v) is 7.89. The zero-order valence-electron chi connectivity index (χ0n) is 17.3. The standard InChI is InChI=1S/C24H24N4O2S/c1-17(29)27-12-14-28(15-13-27)22-9-5-4-8-21(22)25-24(31)26-23(30)20-11-10-18-6-2-3-7-19(18)16-20/h2-11,16H,12-15H2,1H3,(H2,25,26,30,31). The van der Waals surface area contributed by atoms with Gasteiger partial charge in [0.2, 0.25) is 5.91 Å². The van der Waals surface area contributed by atoms with E-state index in [9.17, 15) is 9.59 Å². The summed E-state index contributed by atoms with van der Waals surface area (Å²) >= 11 is 5.41. The van der Waals surface area contributed by atoms with Crippen molar-refractivity contribution in [2.24, 2.45) is 0 Å². The van der Waals surface area contributed by atoms with Crippen LogP contribution in [0.25, 0.3) is 10.8 Å². The van der Waals surface area contributed by atoms with Crippen LogP contribution < -0.4 is 15.5 Å². The second-order valence-electron chi connectivity index (χ2n) is 7.48. The summed E-state index contributed by atoms with van der Waals surface area (Å²) in [5.74, 6) is -0.153. The van der Waals surface area contributed by atoms with E-state index in [1.54, 1.807) is 13.0 Å². The van der Waals surface area contributed by atoms with Crippen LogP contribution in [0, 0.1) is 0 Å². The van der Waals surface area contributed by atoms with Gasteiger partial charge in [-0.25, -0.2) is 0 Å². The Bertz CT molecular complexity index is 1140. The van der Waals surface area contributed by atoms with Crippen LogP contribution in [0.3, 0.4) is 0 Å². The van der Waals surface area contributed by atoms with E-state index in [4.69, 9.17) is 12.2 Å². The molecule has 1 saturated heterocycles. The van der Waals surface area contributed by atoms with Gasteiger partial charge in [0.15, 0.2) is 5.11 Å². The van der Waals surface area contributed by atoms with Gasteiger partial charge in [0.05, 0.1) is 11.4 Å². The lowest BCUT2D eigenvalue weighted by Crippen LogP contribution is -2.48. The highest BCUT2D eigenvalue weighted by Crippen LogP contribution is 2.26. The molecule has 0 atom stereocenters. The predicted molar refractivity (Wildman–Crippen MR) is 129 cm³/mol. The number of hydrogen-bond acceptors (Lipinski definition) is 4. The van der Waals surface area contributed by atoms with Crippen molar-refractivity contribution in [3.05, 3.63) is 72.3 Å². The zero-order valence-corrected chi connectivity index (χ0v) is 18.1. The normalized spacial score (nSPS) is 13.7. The van der Waals surface area contributed by atoms with Crippen molar-refractivity contribution >= 4 is 51.3 Å². The molecule has 0 spiro atoms. The summed E-state index contributed by atoms with van der Waals surface area (Å²) in [6, 6.07) is 21.3. The van der Waals surface area contributed by atoms with Crippen LogP contribution in [-0.4, -0.2) is 48.0 Å². The maximum absolute atomic E-state index is 12.7. The molecule has 0 unspecified atom stereocenters. The maximum Gasteiger partial charge on any atom is 0.257 e. The fraction of sp³-hybridized carbons (Fsp3) is 0.208. The third kappa shape index (κ3) is 4.83. The number of nitrogens with one attached hydrogen (secondary N) is 2. The highest BCUT2D eigenvalue weighted by Gasteiger charge is 2.21. The van der Waals surface area contributed by atoms with Gasteiger partial charge in [0.25, 0.3) is 5.91 Å². The zero-order chi connectivity index (χ0) is 21.8. The third-order valence-corrected chi connectivity index (χ3v) is 5.66. The summed E-state index contributed by atoms with van der Waals surface area (Å²) in [5.41, 5.74) is 2.37. The smallest absolute Gasteiger partial charge is 0.257 e. The van der Waals surface area contributed by atoms with Gasteiger partial charge in [-0.05, 0) is 47.3 Å². The van der Waals surface area contributed by atoms with E-state index in [1.165, 1.54) is 0 Å². The van der Waals surface area contributed by atoms with Gasteiger partial charge in [-0.1, -0.05) is 42.5 Å². The van der Waals surface area contributed by atoms with Crippen molar-refractivity contribution in [2.45, 2.75) is 6.92 Å². The first kappa shape index (κ1) is 20.8. The molecule has 2 N–H and O–H groups in total. The number of hydrogen-bond donors (Lipinski definition) is 2. The first-order chi connectivity index (χ1) is 15.0. The predicted octanol–water partition coefficient (Wildman–Crippen LogP) is 3.64. The third-order valence-electron chi connectivity index (χ3n) is 5.46. The van der Waals surface area contributed by atoms with Crippen molar-refractivity contribution in [1.29, 1.82) is 0 Å². The summed E-state index contributed by atoms with van der Waals surface area (Å²) < 4.78 is 0. The molecule has 1 heterocycles. The number of carbonyl (C=O) groups is 2. The van der Waals surface area contributed by atoms with Crippen LogP contribution >= 0.6 is 12.2 Å². The molecule has 6 nitrogen and oxygen atoms in total. The fourth-order valence-corrected chi connectivity index (χ4v) is 3.98. The molecule has 1 aliphatic heterocycles.